The monoisotopic (exact) mass is 346 g/mol. The molecule has 0 amide bonds. The highest BCUT2D eigenvalue weighted by Crippen LogP contribution is 2.32. The molecule has 3 rings (SSSR count). The molecule has 1 radical (unpaired) electrons. The molecule has 0 aliphatic carbocycles. The molecule has 1 heterocycles. The van der Waals surface area contributed by atoms with Gasteiger partial charge in [0.15, 0.2) is 5.82 Å². The van der Waals surface area contributed by atoms with Crippen LogP contribution in [0.2, 0.25) is 0 Å². The molecule has 0 spiro atoms. The van der Waals surface area contributed by atoms with Crippen LogP contribution in [-0.2, 0) is 10.8 Å². The first-order valence-electron chi connectivity index (χ1n) is 9.09. The predicted molar refractivity (Wildman–Crippen MR) is 110 cm³/mol. The van der Waals surface area contributed by atoms with Crippen LogP contribution >= 0.6 is 0 Å². The van der Waals surface area contributed by atoms with E-state index in [-0.39, 0.29) is 10.8 Å². The lowest BCUT2D eigenvalue weighted by molar-refractivity contribution is 0.567. The van der Waals surface area contributed by atoms with Crippen molar-refractivity contribution >= 4 is 11.5 Å². The molecule has 0 unspecified atom stereocenters. The normalized spacial score (nSPS) is 12.2. The van der Waals surface area contributed by atoms with Crippen molar-refractivity contribution in [2.24, 2.45) is 0 Å². The molecule has 0 atom stereocenters. The molecule has 0 aliphatic rings. The maximum Gasteiger partial charge on any atom is 0.152 e. The van der Waals surface area contributed by atoms with Crippen molar-refractivity contribution in [1.82, 2.24) is 9.78 Å². The Bertz CT molecular complexity index is 846. The smallest absolute Gasteiger partial charge is 0.152 e. The number of hydrogen-bond acceptors (Lipinski definition) is 2. The number of nitrogens with one attached hydrogen (secondary N) is 1. The van der Waals surface area contributed by atoms with E-state index < -0.39 is 0 Å². The van der Waals surface area contributed by atoms with E-state index in [0.29, 0.717) is 0 Å². The van der Waals surface area contributed by atoms with Crippen molar-refractivity contribution in [1.29, 1.82) is 0 Å². The van der Waals surface area contributed by atoms with Crippen LogP contribution in [0.25, 0.3) is 5.69 Å². The Labute approximate surface area is 157 Å². The van der Waals surface area contributed by atoms with Gasteiger partial charge in [-0.25, -0.2) is 4.68 Å². The Morgan fingerprint density at radius 3 is 1.96 bits per heavy atom. The summed E-state index contributed by atoms with van der Waals surface area (Å²) in [5, 5.41) is 8.12. The van der Waals surface area contributed by atoms with Gasteiger partial charge in [-0.2, -0.15) is 5.10 Å². The molecule has 3 nitrogen and oxygen atoms in total. The van der Waals surface area contributed by atoms with Gasteiger partial charge in [-0.05, 0) is 52.3 Å². The van der Waals surface area contributed by atoms with Crippen LogP contribution in [0.15, 0.2) is 54.7 Å². The molecule has 3 heteroatoms. The summed E-state index contributed by atoms with van der Waals surface area (Å²) in [7, 11) is 0. The van der Waals surface area contributed by atoms with Crippen molar-refractivity contribution in [3.05, 3.63) is 71.9 Å². The van der Waals surface area contributed by atoms with Crippen LogP contribution in [-0.4, -0.2) is 9.78 Å². The highest BCUT2D eigenvalue weighted by molar-refractivity contribution is 5.59. The summed E-state index contributed by atoms with van der Waals surface area (Å²) in [6.45, 7) is 13.3. The van der Waals surface area contributed by atoms with Crippen LogP contribution in [0.4, 0.5) is 11.5 Å². The number of hydrogen-bond donors (Lipinski definition) is 1. The molecule has 135 valence electrons. The van der Waals surface area contributed by atoms with E-state index in [1.165, 1.54) is 11.1 Å². The van der Waals surface area contributed by atoms with E-state index >= 15 is 0 Å². The number of rotatable bonds is 3. The Morgan fingerprint density at radius 1 is 0.846 bits per heavy atom. The molecule has 3 aromatic rings. The second kappa shape index (κ2) is 6.64. The maximum absolute atomic E-state index is 4.65. The van der Waals surface area contributed by atoms with Gasteiger partial charge in [0.25, 0.3) is 0 Å². The SMILES string of the molecule is CC(C)(C)c1[c]c(C(C)(C)C)cc(Nc2ccn(-c3ccccc3)n2)c1. The lowest BCUT2D eigenvalue weighted by Crippen LogP contribution is -2.17. The predicted octanol–water partition coefficient (Wildman–Crippen LogP) is 6.01. The molecule has 0 saturated heterocycles. The van der Waals surface area contributed by atoms with Crippen LogP contribution in [0.5, 0.6) is 0 Å². The molecule has 0 aliphatic heterocycles. The molecule has 1 aromatic heterocycles. The topological polar surface area (TPSA) is 29.9 Å². The molecular weight excluding hydrogens is 318 g/mol. The van der Waals surface area contributed by atoms with Gasteiger partial charge in [-0.15, -0.1) is 0 Å². The minimum Gasteiger partial charge on any atom is -0.339 e. The first kappa shape index (κ1) is 18.2. The third kappa shape index (κ3) is 4.16. The summed E-state index contributed by atoms with van der Waals surface area (Å²) in [5.41, 5.74) is 4.59. The highest BCUT2D eigenvalue weighted by atomic mass is 15.3. The van der Waals surface area contributed by atoms with E-state index in [4.69, 9.17) is 0 Å². The number of aromatic nitrogens is 2. The fourth-order valence-electron chi connectivity index (χ4n) is 2.71. The lowest BCUT2D eigenvalue weighted by atomic mass is 9.80. The molecule has 26 heavy (non-hydrogen) atoms. The van der Waals surface area contributed by atoms with Gasteiger partial charge >= 0.3 is 0 Å². The zero-order valence-corrected chi connectivity index (χ0v) is 16.6. The zero-order chi connectivity index (χ0) is 18.9. The fourth-order valence-corrected chi connectivity index (χ4v) is 2.71. The quantitative estimate of drug-likeness (QED) is 0.629. The summed E-state index contributed by atoms with van der Waals surface area (Å²) in [6, 6.07) is 20.1. The number of anilines is 2. The zero-order valence-electron chi connectivity index (χ0n) is 16.6. The third-order valence-electron chi connectivity index (χ3n) is 4.37. The first-order valence-corrected chi connectivity index (χ1v) is 9.09. The maximum atomic E-state index is 4.65. The second-order valence-electron chi connectivity index (χ2n) is 8.80. The van der Waals surface area contributed by atoms with Crippen LogP contribution in [0.1, 0.15) is 52.7 Å². The van der Waals surface area contributed by atoms with Crippen molar-refractivity contribution in [3.8, 4) is 5.69 Å². The van der Waals surface area contributed by atoms with Crippen LogP contribution in [0, 0.1) is 6.07 Å². The van der Waals surface area contributed by atoms with Gasteiger partial charge in [-0.1, -0.05) is 59.7 Å². The fraction of sp³-hybridized carbons (Fsp3) is 0.348. The summed E-state index contributed by atoms with van der Waals surface area (Å²) < 4.78 is 1.88. The van der Waals surface area contributed by atoms with Crippen molar-refractivity contribution in [2.75, 3.05) is 5.32 Å². The van der Waals surface area contributed by atoms with Gasteiger partial charge in [-0.3, -0.25) is 0 Å². The minimum absolute atomic E-state index is 0.0427. The number of para-hydroxylation sites is 1. The highest BCUT2D eigenvalue weighted by Gasteiger charge is 2.21. The van der Waals surface area contributed by atoms with Crippen molar-refractivity contribution in [2.45, 2.75) is 52.4 Å². The Kier molecular flexibility index (Phi) is 4.66. The van der Waals surface area contributed by atoms with E-state index in [0.717, 1.165) is 17.2 Å². The van der Waals surface area contributed by atoms with E-state index in [1.807, 2.05) is 47.3 Å². The minimum atomic E-state index is 0.0427. The summed E-state index contributed by atoms with van der Waals surface area (Å²) in [6.07, 6.45) is 1.97. The second-order valence-corrected chi connectivity index (χ2v) is 8.80. The molecule has 0 fully saturated rings. The molecule has 0 bridgehead atoms. The largest absolute Gasteiger partial charge is 0.339 e. The molecule has 2 aromatic carbocycles. The van der Waals surface area contributed by atoms with E-state index in [2.05, 4.69) is 70.2 Å². The summed E-state index contributed by atoms with van der Waals surface area (Å²) in [4.78, 5) is 0. The van der Waals surface area contributed by atoms with Crippen LogP contribution < -0.4 is 5.32 Å². The van der Waals surface area contributed by atoms with E-state index in [9.17, 15) is 0 Å². The van der Waals surface area contributed by atoms with Gasteiger partial charge in [0.1, 0.15) is 0 Å². The van der Waals surface area contributed by atoms with Crippen molar-refractivity contribution in [3.63, 3.8) is 0 Å². The average molecular weight is 346 g/mol. The van der Waals surface area contributed by atoms with Gasteiger partial charge in [0.2, 0.25) is 0 Å². The molecular formula is C23H28N3. The number of benzene rings is 2. The van der Waals surface area contributed by atoms with Gasteiger partial charge in [0.05, 0.1) is 5.69 Å². The average Bonchev–Trinajstić information content (AvgIpc) is 3.02. The third-order valence-corrected chi connectivity index (χ3v) is 4.37. The van der Waals surface area contributed by atoms with Crippen molar-refractivity contribution < 1.29 is 0 Å². The molecule has 1 N–H and O–H groups in total. The summed E-state index contributed by atoms with van der Waals surface area (Å²) >= 11 is 0. The lowest BCUT2D eigenvalue weighted by Gasteiger charge is -2.25. The standard InChI is InChI=1S/C23H28N3/c1-22(2,3)17-14-18(23(4,5)6)16-19(15-17)24-21-12-13-26(25-21)20-10-8-7-9-11-20/h7-13,15-16H,1-6H3,(H,24,25). The number of nitrogens with zero attached hydrogens (tertiary/aromatic N) is 2. The Morgan fingerprint density at radius 2 is 1.42 bits per heavy atom. The van der Waals surface area contributed by atoms with Crippen LogP contribution in [0.3, 0.4) is 0 Å². The first-order chi connectivity index (χ1) is 12.1. The van der Waals surface area contributed by atoms with Gasteiger partial charge < -0.3 is 5.32 Å². The summed E-state index contributed by atoms with van der Waals surface area (Å²) in [5.74, 6) is 0.833. The molecule has 0 saturated carbocycles. The van der Waals surface area contributed by atoms with E-state index in [1.54, 1.807) is 0 Å². The Balaban J connectivity index is 1.93. The Hall–Kier alpha value is -2.55. The van der Waals surface area contributed by atoms with Gasteiger partial charge in [0, 0.05) is 18.0 Å².